The topological polar surface area (TPSA) is 115 Å². The molecule has 5 N–H and O–H groups in total. The molecule has 1 aromatic rings. The van der Waals surface area contributed by atoms with E-state index in [9.17, 15) is 15.3 Å². The van der Waals surface area contributed by atoms with Crippen LogP contribution >= 0.6 is 11.3 Å². The zero-order chi connectivity index (χ0) is 13.3. The fraction of sp³-hybridized carbons (Fsp3) is 0.700. The number of thiazole rings is 1. The maximum absolute atomic E-state index is 9.79. The molecule has 8 heteroatoms. The Morgan fingerprint density at radius 2 is 2.06 bits per heavy atom. The molecule has 0 bridgehead atoms. The number of rotatable bonds is 3. The number of aliphatic hydroxyl groups excluding tert-OH is 4. The first-order valence-corrected chi connectivity index (χ1v) is 6.40. The van der Waals surface area contributed by atoms with Crippen LogP contribution in [0.5, 0.6) is 0 Å². The van der Waals surface area contributed by atoms with Crippen LogP contribution in [0, 0.1) is 6.92 Å². The van der Waals surface area contributed by atoms with Gasteiger partial charge in [-0.2, -0.15) is 0 Å². The molecule has 0 spiro atoms. The summed E-state index contributed by atoms with van der Waals surface area (Å²) in [5, 5.41) is 43.2. The van der Waals surface area contributed by atoms with Crippen LogP contribution in [0.4, 0.5) is 5.13 Å². The molecule has 0 aliphatic carbocycles. The van der Waals surface area contributed by atoms with Crippen molar-refractivity contribution in [3.8, 4) is 0 Å². The van der Waals surface area contributed by atoms with E-state index in [-0.39, 0.29) is 0 Å². The Labute approximate surface area is 108 Å². The van der Waals surface area contributed by atoms with Gasteiger partial charge in [0.1, 0.15) is 24.4 Å². The number of nitrogens with one attached hydrogen (secondary N) is 1. The summed E-state index contributed by atoms with van der Waals surface area (Å²) in [4.78, 5) is 4.14. The van der Waals surface area contributed by atoms with E-state index in [0.29, 0.717) is 5.13 Å². The molecule has 0 aromatic carbocycles. The van der Waals surface area contributed by atoms with Crippen LogP contribution < -0.4 is 5.32 Å². The highest BCUT2D eigenvalue weighted by atomic mass is 32.1. The molecule has 5 unspecified atom stereocenters. The van der Waals surface area contributed by atoms with Crippen molar-refractivity contribution in [1.82, 2.24) is 4.98 Å². The van der Waals surface area contributed by atoms with Gasteiger partial charge in [-0.15, -0.1) is 11.3 Å². The van der Waals surface area contributed by atoms with Gasteiger partial charge in [0.25, 0.3) is 0 Å². The molecule has 1 aliphatic heterocycles. The van der Waals surface area contributed by atoms with Gasteiger partial charge in [0.15, 0.2) is 11.4 Å². The Hall–Kier alpha value is -0.770. The van der Waals surface area contributed by atoms with Crippen molar-refractivity contribution in [1.29, 1.82) is 0 Å². The van der Waals surface area contributed by atoms with Gasteiger partial charge >= 0.3 is 0 Å². The van der Waals surface area contributed by atoms with Crippen LogP contribution in [0.25, 0.3) is 0 Å². The predicted molar refractivity (Wildman–Crippen MR) is 64.2 cm³/mol. The van der Waals surface area contributed by atoms with Gasteiger partial charge in [0, 0.05) is 5.38 Å². The third kappa shape index (κ3) is 2.63. The van der Waals surface area contributed by atoms with Gasteiger partial charge in [-0.05, 0) is 6.92 Å². The van der Waals surface area contributed by atoms with Crippen molar-refractivity contribution in [2.75, 3.05) is 11.9 Å². The molecule has 1 aliphatic rings. The molecular formula is C10H16N2O5S. The summed E-state index contributed by atoms with van der Waals surface area (Å²) in [6.07, 6.45) is -5.87. The molecule has 0 amide bonds. The highest BCUT2D eigenvalue weighted by Crippen LogP contribution is 2.24. The molecule has 5 atom stereocenters. The molecule has 2 rings (SSSR count). The lowest BCUT2D eigenvalue weighted by molar-refractivity contribution is -0.221. The standard InChI is InChI=1S/C10H16N2O5S/c1-4-3-18-10(11-4)12-9-8(16)7(15)6(14)5(2-13)17-9/h3,5-9,13-16H,2H2,1H3,(H,11,12). The monoisotopic (exact) mass is 276 g/mol. The molecule has 18 heavy (non-hydrogen) atoms. The first-order chi connectivity index (χ1) is 8.52. The lowest BCUT2D eigenvalue weighted by atomic mass is 9.98. The zero-order valence-electron chi connectivity index (χ0n) is 9.72. The number of aromatic nitrogens is 1. The molecule has 0 saturated carbocycles. The molecule has 102 valence electrons. The molecular weight excluding hydrogens is 260 g/mol. The predicted octanol–water partition coefficient (Wildman–Crippen LogP) is -1.34. The van der Waals surface area contributed by atoms with Gasteiger partial charge in [-0.3, -0.25) is 0 Å². The number of aryl methyl sites for hydroxylation is 1. The number of hydrogen-bond donors (Lipinski definition) is 5. The quantitative estimate of drug-likeness (QED) is 0.464. The van der Waals surface area contributed by atoms with E-state index in [2.05, 4.69) is 10.3 Å². The summed E-state index contributed by atoms with van der Waals surface area (Å²) in [6.45, 7) is 1.38. The second-order valence-electron chi connectivity index (χ2n) is 4.19. The Balaban J connectivity index is 2.07. The molecule has 1 aromatic heterocycles. The first-order valence-electron chi connectivity index (χ1n) is 5.52. The molecule has 1 fully saturated rings. The Morgan fingerprint density at radius 1 is 1.33 bits per heavy atom. The smallest absolute Gasteiger partial charge is 0.184 e. The van der Waals surface area contributed by atoms with Crippen LogP contribution in [0.3, 0.4) is 0 Å². The average molecular weight is 276 g/mol. The van der Waals surface area contributed by atoms with E-state index in [1.807, 2.05) is 12.3 Å². The molecule has 1 saturated heterocycles. The fourth-order valence-electron chi connectivity index (χ4n) is 1.76. The third-order valence-corrected chi connectivity index (χ3v) is 3.67. The molecule has 7 nitrogen and oxygen atoms in total. The number of hydrogen-bond acceptors (Lipinski definition) is 8. The Bertz CT molecular complexity index is 399. The van der Waals surface area contributed by atoms with Gasteiger partial charge in [0.05, 0.1) is 12.3 Å². The van der Waals surface area contributed by atoms with Crippen LogP contribution in [0.15, 0.2) is 5.38 Å². The van der Waals surface area contributed by atoms with Gasteiger partial charge in [0.2, 0.25) is 0 Å². The fourth-order valence-corrected chi connectivity index (χ4v) is 2.48. The number of aliphatic hydroxyl groups is 4. The van der Waals surface area contributed by atoms with Gasteiger partial charge in [-0.1, -0.05) is 0 Å². The SMILES string of the molecule is Cc1csc(NC2OC(CO)C(O)C(O)C2O)n1. The van der Waals surface area contributed by atoms with E-state index >= 15 is 0 Å². The van der Waals surface area contributed by atoms with E-state index in [1.54, 1.807) is 0 Å². The summed E-state index contributed by atoms with van der Waals surface area (Å²) in [7, 11) is 0. The van der Waals surface area contributed by atoms with Crippen LogP contribution in [-0.2, 0) is 4.74 Å². The van der Waals surface area contributed by atoms with Crippen molar-refractivity contribution in [2.24, 2.45) is 0 Å². The van der Waals surface area contributed by atoms with Crippen LogP contribution in [0.1, 0.15) is 5.69 Å². The van der Waals surface area contributed by atoms with Crippen molar-refractivity contribution in [3.63, 3.8) is 0 Å². The van der Waals surface area contributed by atoms with Crippen molar-refractivity contribution in [3.05, 3.63) is 11.1 Å². The maximum Gasteiger partial charge on any atom is 0.184 e. The first kappa shape index (κ1) is 13.7. The minimum atomic E-state index is -1.38. The van der Waals surface area contributed by atoms with Gasteiger partial charge in [-0.25, -0.2) is 4.98 Å². The van der Waals surface area contributed by atoms with Crippen molar-refractivity contribution >= 4 is 16.5 Å². The average Bonchev–Trinajstić information content (AvgIpc) is 2.75. The highest BCUT2D eigenvalue weighted by Gasteiger charge is 2.43. The van der Waals surface area contributed by atoms with E-state index in [4.69, 9.17) is 9.84 Å². The minimum absolute atomic E-state index is 0.444. The van der Waals surface area contributed by atoms with Crippen LogP contribution in [-0.4, -0.2) is 62.7 Å². The summed E-state index contributed by atoms with van der Waals surface area (Å²) in [6, 6.07) is 0. The summed E-state index contributed by atoms with van der Waals surface area (Å²) in [5.41, 5.74) is 0.826. The van der Waals surface area contributed by atoms with Crippen LogP contribution in [0.2, 0.25) is 0 Å². The second kappa shape index (κ2) is 5.47. The highest BCUT2D eigenvalue weighted by molar-refractivity contribution is 7.13. The minimum Gasteiger partial charge on any atom is -0.394 e. The van der Waals surface area contributed by atoms with E-state index < -0.39 is 37.3 Å². The number of nitrogens with zero attached hydrogens (tertiary/aromatic N) is 1. The summed E-state index contributed by atoms with van der Waals surface area (Å²) in [5.74, 6) is 0. The van der Waals surface area contributed by atoms with E-state index in [1.165, 1.54) is 11.3 Å². The zero-order valence-corrected chi connectivity index (χ0v) is 10.5. The third-order valence-electron chi connectivity index (χ3n) is 2.78. The van der Waals surface area contributed by atoms with Gasteiger partial charge < -0.3 is 30.5 Å². The summed E-state index contributed by atoms with van der Waals surface area (Å²) < 4.78 is 5.29. The Kier molecular flexibility index (Phi) is 4.15. The number of ether oxygens (including phenoxy) is 1. The van der Waals surface area contributed by atoms with E-state index in [0.717, 1.165) is 5.69 Å². The number of anilines is 1. The van der Waals surface area contributed by atoms with Crippen molar-refractivity contribution < 1.29 is 25.2 Å². The molecule has 0 radical (unpaired) electrons. The normalized spacial score (nSPS) is 36.6. The van der Waals surface area contributed by atoms with Crippen molar-refractivity contribution in [2.45, 2.75) is 37.6 Å². The summed E-state index contributed by atoms with van der Waals surface area (Å²) >= 11 is 1.34. The largest absolute Gasteiger partial charge is 0.394 e. The second-order valence-corrected chi connectivity index (χ2v) is 5.05. The maximum atomic E-state index is 9.79. The lowest BCUT2D eigenvalue weighted by Crippen LogP contribution is -2.60. The Morgan fingerprint density at radius 3 is 2.61 bits per heavy atom. The lowest BCUT2D eigenvalue weighted by Gasteiger charge is -2.40. The molecule has 2 heterocycles.